The number of hydrogen-bond acceptors (Lipinski definition) is 4. The van der Waals surface area contributed by atoms with Gasteiger partial charge in [-0.3, -0.25) is 9.13 Å². The second-order valence-electron chi connectivity index (χ2n) is 7.34. The lowest BCUT2D eigenvalue weighted by molar-refractivity contribution is 0.123. The van der Waals surface area contributed by atoms with E-state index in [1.54, 1.807) is 18.2 Å². The highest BCUT2D eigenvalue weighted by Crippen LogP contribution is 2.69. The molecule has 0 amide bonds. The fraction of sp³-hybridized carbons (Fsp3) is 0.143. The minimum atomic E-state index is -5.49. The van der Waals surface area contributed by atoms with Crippen molar-refractivity contribution in [3.05, 3.63) is 72.3 Å². The van der Waals surface area contributed by atoms with E-state index < -0.39 is 26.7 Å². The van der Waals surface area contributed by atoms with Crippen LogP contribution in [0.4, 0.5) is 0 Å². The third kappa shape index (κ3) is 3.88. The highest BCUT2D eigenvalue weighted by molar-refractivity contribution is 7.72. The fourth-order valence-electron chi connectivity index (χ4n) is 3.64. The van der Waals surface area contributed by atoms with Crippen molar-refractivity contribution in [3.8, 4) is 11.1 Å². The number of fused-ring (bicyclic) bond motifs is 3. The molecule has 0 bridgehead atoms. The van der Waals surface area contributed by atoms with Gasteiger partial charge in [0.2, 0.25) is 0 Å². The fourth-order valence-corrected chi connectivity index (χ4v) is 5.81. The monoisotopic (exact) mass is 462 g/mol. The smallest absolute Gasteiger partial charge is 0.369 e. The summed E-state index contributed by atoms with van der Waals surface area (Å²) in [4.78, 5) is 37.3. The molecule has 0 fully saturated rings. The molecule has 0 spiro atoms. The van der Waals surface area contributed by atoms with Gasteiger partial charge < -0.3 is 29.1 Å². The van der Waals surface area contributed by atoms with E-state index in [-0.39, 0.29) is 6.42 Å². The highest BCUT2D eigenvalue weighted by Gasteiger charge is 2.58. The average molecular weight is 462 g/mol. The van der Waals surface area contributed by atoms with Gasteiger partial charge in [0, 0.05) is 22.8 Å². The summed E-state index contributed by atoms with van der Waals surface area (Å²) < 4.78 is 29.2. The number of para-hydroxylation sites is 2. The van der Waals surface area contributed by atoms with Gasteiger partial charge >= 0.3 is 15.2 Å². The maximum atomic E-state index is 11.6. The molecule has 0 unspecified atom stereocenters. The van der Waals surface area contributed by atoms with Crippen LogP contribution >= 0.6 is 15.2 Å². The standard InChI is InChI=1S/C21H20O8P2/c22-21(30(23,24)25,31(26,27)28)12-11-14-5-3-6-15(13-14)16-8-4-9-18-17-7-1-2-10-19(17)29-20(16)18/h1-10,13,22H,11-12H2,(H2,23,24,25)(H2,26,27,28). The van der Waals surface area contributed by atoms with Gasteiger partial charge in [0.05, 0.1) is 0 Å². The lowest BCUT2D eigenvalue weighted by Crippen LogP contribution is -2.29. The number of benzene rings is 3. The van der Waals surface area contributed by atoms with Crippen molar-refractivity contribution in [2.24, 2.45) is 0 Å². The first kappa shape index (κ1) is 21.9. The molecule has 31 heavy (non-hydrogen) atoms. The number of aliphatic hydroxyl groups is 1. The van der Waals surface area contributed by atoms with Crippen molar-refractivity contribution in [1.29, 1.82) is 0 Å². The number of aryl methyl sites for hydroxylation is 1. The zero-order valence-electron chi connectivity index (χ0n) is 16.1. The SMILES string of the molecule is O=P(O)(O)C(O)(CCc1cccc(-c2cccc3c2oc2ccccc23)c1)P(=O)(O)O. The molecular weight excluding hydrogens is 442 g/mol. The van der Waals surface area contributed by atoms with Gasteiger partial charge in [-0.1, -0.05) is 60.7 Å². The summed E-state index contributed by atoms with van der Waals surface area (Å²) in [5.74, 6) is 0. The largest absolute Gasteiger partial charge is 0.455 e. The lowest BCUT2D eigenvalue weighted by atomic mass is 9.99. The van der Waals surface area contributed by atoms with Gasteiger partial charge in [-0.15, -0.1) is 0 Å². The summed E-state index contributed by atoms with van der Waals surface area (Å²) in [6, 6.07) is 20.3. The van der Waals surface area contributed by atoms with Crippen LogP contribution in [-0.2, 0) is 15.6 Å². The Balaban J connectivity index is 1.71. The molecule has 0 aliphatic carbocycles. The molecule has 3 aromatic carbocycles. The van der Waals surface area contributed by atoms with E-state index in [1.165, 1.54) is 0 Å². The average Bonchev–Trinajstić information content (AvgIpc) is 3.09. The van der Waals surface area contributed by atoms with Crippen LogP contribution < -0.4 is 0 Å². The molecule has 5 N–H and O–H groups in total. The molecule has 0 saturated carbocycles. The van der Waals surface area contributed by atoms with Gasteiger partial charge in [0.25, 0.3) is 5.08 Å². The zero-order chi connectivity index (χ0) is 22.4. The van der Waals surface area contributed by atoms with E-state index in [1.807, 2.05) is 48.5 Å². The van der Waals surface area contributed by atoms with Crippen molar-refractivity contribution >= 4 is 37.1 Å². The molecule has 4 rings (SSSR count). The Hall–Kier alpha value is -2.28. The van der Waals surface area contributed by atoms with Gasteiger partial charge in [-0.2, -0.15) is 0 Å². The minimum Gasteiger partial charge on any atom is -0.455 e. The summed E-state index contributed by atoms with van der Waals surface area (Å²) in [6.45, 7) is 0. The predicted octanol–water partition coefficient (Wildman–Crippen LogP) is 4.19. The van der Waals surface area contributed by atoms with Crippen molar-refractivity contribution in [2.45, 2.75) is 17.9 Å². The minimum absolute atomic E-state index is 0.156. The molecule has 8 nitrogen and oxygen atoms in total. The zero-order valence-corrected chi connectivity index (χ0v) is 17.9. The van der Waals surface area contributed by atoms with Crippen LogP contribution in [0.3, 0.4) is 0 Å². The van der Waals surface area contributed by atoms with Crippen molar-refractivity contribution in [1.82, 2.24) is 0 Å². The third-order valence-corrected chi connectivity index (χ3v) is 9.20. The van der Waals surface area contributed by atoms with Crippen LogP contribution in [0.25, 0.3) is 33.1 Å². The van der Waals surface area contributed by atoms with Crippen LogP contribution in [0, 0.1) is 0 Å². The van der Waals surface area contributed by atoms with Crippen LogP contribution in [0.1, 0.15) is 12.0 Å². The summed E-state index contributed by atoms with van der Waals surface area (Å²) in [7, 11) is -11.0. The highest BCUT2D eigenvalue weighted by atomic mass is 31.2. The molecule has 4 aromatic rings. The summed E-state index contributed by atoms with van der Waals surface area (Å²) in [5.41, 5.74) is 3.54. The van der Waals surface area contributed by atoms with E-state index in [2.05, 4.69) is 0 Å². The number of rotatable bonds is 6. The second kappa shape index (κ2) is 7.69. The number of furan rings is 1. The molecule has 0 aliphatic heterocycles. The van der Waals surface area contributed by atoms with Crippen LogP contribution in [0.15, 0.2) is 71.1 Å². The third-order valence-electron chi connectivity index (χ3n) is 5.32. The van der Waals surface area contributed by atoms with E-state index in [4.69, 9.17) is 4.42 Å². The Labute approximate surface area is 177 Å². The molecule has 1 heterocycles. The molecule has 1 aromatic heterocycles. The van der Waals surface area contributed by atoms with Gasteiger partial charge in [-0.25, -0.2) is 0 Å². The topological polar surface area (TPSA) is 148 Å². The molecule has 0 radical (unpaired) electrons. The van der Waals surface area contributed by atoms with Gasteiger partial charge in [-0.05, 0) is 23.6 Å². The summed E-state index contributed by atoms with van der Waals surface area (Å²) in [5, 5.41) is 8.59. The molecule has 0 saturated heterocycles. The first-order valence-corrected chi connectivity index (χ1v) is 12.6. The number of hydrogen-bond donors (Lipinski definition) is 5. The molecule has 0 aliphatic rings. The first-order chi connectivity index (χ1) is 14.5. The predicted molar refractivity (Wildman–Crippen MR) is 117 cm³/mol. The van der Waals surface area contributed by atoms with Crippen LogP contribution in [0.2, 0.25) is 0 Å². The maximum absolute atomic E-state index is 11.6. The Kier molecular flexibility index (Phi) is 5.44. The van der Waals surface area contributed by atoms with Crippen molar-refractivity contribution in [3.63, 3.8) is 0 Å². The van der Waals surface area contributed by atoms with Crippen molar-refractivity contribution in [2.75, 3.05) is 0 Å². The maximum Gasteiger partial charge on any atom is 0.369 e. The Morgan fingerprint density at radius 3 is 2.16 bits per heavy atom. The quantitative estimate of drug-likeness (QED) is 0.268. The molecular formula is C21H20O8P2. The van der Waals surface area contributed by atoms with Crippen LogP contribution in [0.5, 0.6) is 0 Å². The molecule has 0 atom stereocenters. The second-order valence-corrected chi connectivity index (χ2v) is 11.4. The molecule has 162 valence electrons. The normalized spacial score (nSPS) is 13.2. The van der Waals surface area contributed by atoms with Gasteiger partial charge in [0.1, 0.15) is 11.2 Å². The Bertz CT molecular complexity index is 1340. The summed E-state index contributed by atoms with van der Waals surface area (Å²) in [6.07, 6.45) is -0.962. The molecule has 10 heteroatoms. The summed E-state index contributed by atoms with van der Waals surface area (Å²) >= 11 is 0. The van der Waals surface area contributed by atoms with Crippen LogP contribution in [-0.4, -0.2) is 29.8 Å². The van der Waals surface area contributed by atoms with E-state index in [0.717, 1.165) is 27.5 Å². The van der Waals surface area contributed by atoms with Gasteiger partial charge in [0.15, 0.2) is 0 Å². The van der Waals surface area contributed by atoms with E-state index >= 15 is 0 Å². The lowest BCUT2D eigenvalue weighted by Gasteiger charge is -2.29. The Morgan fingerprint density at radius 1 is 0.806 bits per heavy atom. The first-order valence-electron chi connectivity index (χ1n) is 9.34. The van der Waals surface area contributed by atoms with E-state index in [0.29, 0.717) is 11.1 Å². The Morgan fingerprint density at radius 2 is 1.45 bits per heavy atom. The van der Waals surface area contributed by atoms with E-state index in [9.17, 15) is 33.8 Å². The van der Waals surface area contributed by atoms with Crippen molar-refractivity contribution < 1.29 is 38.2 Å².